The highest BCUT2D eigenvalue weighted by Crippen LogP contribution is 2.29. The first-order valence-electron chi connectivity index (χ1n) is 10.4. The molecule has 5 nitrogen and oxygen atoms in total. The SMILES string of the molecule is COc1ccc(CNCc2cccc(C(F)(F)F)c2)c(OC[C@@H](O)CN2CCCC2)c1. The van der Waals surface area contributed by atoms with Crippen LogP contribution in [0.15, 0.2) is 42.5 Å². The highest BCUT2D eigenvalue weighted by molar-refractivity contribution is 5.41. The van der Waals surface area contributed by atoms with Gasteiger partial charge in [-0.3, -0.25) is 0 Å². The van der Waals surface area contributed by atoms with Crippen LogP contribution >= 0.6 is 0 Å². The van der Waals surface area contributed by atoms with Gasteiger partial charge < -0.3 is 24.8 Å². The summed E-state index contributed by atoms with van der Waals surface area (Å²) in [4.78, 5) is 2.22. The molecule has 0 radical (unpaired) electrons. The number of hydrogen-bond donors (Lipinski definition) is 2. The van der Waals surface area contributed by atoms with Gasteiger partial charge >= 0.3 is 6.18 Å². The van der Waals surface area contributed by atoms with Crippen molar-refractivity contribution >= 4 is 0 Å². The van der Waals surface area contributed by atoms with Crippen LogP contribution in [0.25, 0.3) is 0 Å². The van der Waals surface area contributed by atoms with Gasteiger partial charge in [-0.25, -0.2) is 0 Å². The number of benzene rings is 2. The van der Waals surface area contributed by atoms with Crippen molar-refractivity contribution in [3.63, 3.8) is 0 Å². The molecule has 1 fully saturated rings. The van der Waals surface area contributed by atoms with Crippen molar-refractivity contribution in [3.05, 3.63) is 59.2 Å². The average molecular weight is 438 g/mol. The molecule has 0 bridgehead atoms. The molecule has 1 heterocycles. The molecular weight excluding hydrogens is 409 g/mol. The van der Waals surface area contributed by atoms with Crippen molar-refractivity contribution in [1.29, 1.82) is 0 Å². The standard InChI is InChI=1S/C23H29F3N2O3/c1-30-21-8-7-18(14-27-13-17-5-4-6-19(11-17)23(24,25)26)22(12-21)31-16-20(29)15-28-9-2-3-10-28/h4-8,11-12,20,27,29H,2-3,9-10,13-16H2,1H3/t20-/m0/s1. The minimum Gasteiger partial charge on any atom is -0.497 e. The molecule has 0 aromatic heterocycles. The Balaban J connectivity index is 1.57. The lowest BCUT2D eigenvalue weighted by atomic mass is 10.1. The Morgan fingerprint density at radius 1 is 1.10 bits per heavy atom. The Labute approximate surface area is 180 Å². The van der Waals surface area contributed by atoms with E-state index < -0.39 is 17.8 Å². The van der Waals surface area contributed by atoms with Gasteiger partial charge in [0.25, 0.3) is 0 Å². The maximum atomic E-state index is 12.9. The summed E-state index contributed by atoms with van der Waals surface area (Å²) in [6.45, 7) is 3.42. The molecule has 0 spiro atoms. The van der Waals surface area contributed by atoms with Gasteiger partial charge in [-0.2, -0.15) is 13.2 Å². The van der Waals surface area contributed by atoms with Crippen LogP contribution in [0.4, 0.5) is 13.2 Å². The zero-order valence-corrected chi connectivity index (χ0v) is 17.6. The third-order valence-electron chi connectivity index (χ3n) is 5.27. The number of methoxy groups -OCH3 is 1. The normalized spacial score (nSPS) is 15.8. The first kappa shape index (κ1) is 23.4. The number of nitrogens with one attached hydrogen (secondary N) is 1. The van der Waals surface area contributed by atoms with E-state index in [1.807, 2.05) is 6.07 Å². The van der Waals surface area contributed by atoms with Gasteiger partial charge in [-0.05, 0) is 43.6 Å². The number of nitrogens with zero attached hydrogens (tertiary/aromatic N) is 1. The Morgan fingerprint density at radius 2 is 1.87 bits per heavy atom. The maximum absolute atomic E-state index is 12.9. The molecule has 0 amide bonds. The van der Waals surface area contributed by atoms with Gasteiger partial charge in [0.2, 0.25) is 0 Å². The second-order valence-electron chi connectivity index (χ2n) is 7.75. The Kier molecular flexibility index (Phi) is 8.17. The first-order chi connectivity index (χ1) is 14.8. The zero-order chi connectivity index (χ0) is 22.3. The number of alkyl halides is 3. The van der Waals surface area contributed by atoms with Crippen molar-refractivity contribution in [2.24, 2.45) is 0 Å². The first-order valence-corrected chi connectivity index (χ1v) is 10.4. The van der Waals surface area contributed by atoms with Crippen molar-refractivity contribution in [3.8, 4) is 11.5 Å². The van der Waals surface area contributed by atoms with Gasteiger partial charge in [0, 0.05) is 31.3 Å². The van der Waals surface area contributed by atoms with Crippen LogP contribution in [0.1, 0.15) is 29.5 Å². The second kappa shape index (κ2) is 10.8. The fraction of sp³-hybridized carbons (Fsp3) is 0.478. The molecular formula is C23H29F3N2O3. The van der Waals surface area contributed by atoms with E-state index in [2.05, 4.69) is 10.2 Å². The number of β-amino-alcohol motifs (C(OH)–C–C–N with tert-alkyl or cyclic N) is 1. The molecule has 0 saturated carbocycles. The lowest BCUT2D eigenvalue weighted by Gasteiger charge is -2.20. The van der Waals surface area contributed by atoms with Crippen molar-refractivity contribution in [2.75, 3.05) is 33.4 Å². The van der Waals surface area contributed by atoms with E-state index in [1.165, 1.54) is 6.07 Å². The minimum absolute atomic E-state index is 0.157. The van der Waals surface area contributed by atoms with Gasteiger partial charge in [-0.15, -0.1) is 0 Å². The lowest BCUT2D eigenvalue weighted by molar-refractivity contribution is -0.137. The van der Waals surface area contributed by atoms with E-state index in [1.54, 1.807) is 25.3 Å². The van der Waals surface area contributed by atoms with E-state index in [0.717, 1.165) is 43.6 Å². The van der Waals surface area contributed by atoms with Crippen molar-refractivity contribution in [2.45, 2.75) is 38.2 Å². The lowest BCUT2D eigenvalue weighted by Crippen LogP contribution is -2.33. The van der Waals surface area contributed by atoms with Gasteiger partial charge in [0.05, 0.1) is 12.7 Å². The summed E-state index contributed by atoms with van der Waals surface area (Å²) in [5, 5.41) is 13.5. The average Bonchev–Trinajstić information content (AvgIpc) is 3.25. The minimum atomic E-state index is -4.36. The molecule has 170 valence electrons. The Morgan fingerprint density at radius 3 is 2.58 bits per heavy atom. The molecule has 2 aromatic rings. The molecule has 2 aromatic carbocycles. The van der Waals surface area contributed by atoms with Gasteiger partial charge in [0.15, 0.2) is 0 Å². The molecule has 31 heavy (non-hydrogen) atoms. The quantitative estimate of drug-likeness (QED) is 0.591. The molecule has 1 aliphatic heterocycles. The summed E-state index contributed by atoms with van der Waals surface area (Å²) in [5.74, 6) is 1.21. The smallest absolute Gasteiger partial charge is 0.416 e. The Bertz CT molecular complexity index is 839. The van der Waals surface area contributed by atoms with Crippen LogP contribution in [0.5, 0.6) is 11.5 Å². The van der Waals surface area contributed by atoms with Gasteiger partial charge in [0.1, 0.15) is 24.2 Å². The van der Waals surface area contributed by atoms with Crippen LogP contribution in [0.2, 0.25) is 0 Å². The molecule has 1 saturated heterocycles. The fourth-order valence-electron chi connectivity index (χ4n) is 3.64. The summed E-state index contributed by atoms with van der Waals surface area (Å²) in [6, 6.07) is 10.7. The zero-order valence-electron chi connectivity index (χ0n) is 17.6. The number of aliphatic hydroxyl groups excluding tert-OH is 1. The highest BCUT2D eigenvalue weighted by atomic mass is 19.4. The number of hydrogen-bond acceptors (Lipinski definition) is 5. The topological polar surface area (TPSA) is 54.0 Å². The number of likely N-dealkylation sites (tertiary alicyclic amines) is 1. The predicted molar refractivity (Wildman–Crippen MR) is 112 cm³/mol. The predicted octanol–water partition coefficient (Wildman–Crippen LogP) is 3.84. The number of ether oxygens (including phenoxy) is 2. The summed E-state index contributed by atoms with van der Waals surface area (Å²) in [7, 11) is 1.56. The second-order valence-corrected chi connectivity index (χ2v) is 7.75. The molecule has 1 aliphatic rings. The van der Waals surface area contributed by atoms with Crippen molar-refractivity contribution in [1.82, 2.24) is 10.2 Å². The van der Waals surface area contributed by atoms with Crippen LogP contribution in [-0.2, 0) is 19.3 Å². The molecule has 0 unspecified atom stereocenters. The summed E-state index contributed by atoms with van der Waals surface area (Å²) < 4.78 is 49.8. The van der Waals surface area contributed by atoms with Crippen LogP contribution in [-0.4, -0.2) is 49.5 Å². The number of rotatable bonds is 10. The van der Waals surface area contributed by atoms with Crippen LogP contribution < -0.4 is 14.8 Å². The third kappa shape index (κ3) is 7.12. The molecule has 3 rings (SSSR count). The van der Waals surface area contributed by atoms with E-state index in [-0.39, 0.29) is 13.2 Å². The fourth-order valence-corrected chi connectivity index (χ4v) is 3.64. The van der Waals surface area contributed by atoms with Crippen molar-refractivity contribution < 1.29 is 27.8 Å². The third-order valence-corrected chi connectivity index (χ3v) is 5.27. The molecule has 8 heteroatoms. The summed E-state index contributed by atoms with van der Waals surface area (Å²) in [6.07, 6.45) is -2.64. The summed E-state index contributed by atoms with van der Waals surface area (Å²) >= 11 is 0. The number of aliphatic hydroxyl groups is 1. The molecule has 0 aliphatic carbocycles. The molecule has 1 atom stereocenters. The van der Waals surface area contributed by atoms with Gasteiger partial charge in [-0.1, -0.05) is 24.3 Å². The Hall–Kier alpha value is -2.29. The largest absolute Gasteiger partial charge is 0.497 e. The maximum Gasteiger partial charge on any atom is 0.416 e. The van der Waals surface area contributed by atoms with E-state index in [0.29, 0.717) is 30.2 Å². The number of halogens is 3. The van der Waals surface area contributed by atoms with Crippen LogP contribution in [0.3, 0.4) is 0 Å². The monoisotopic (exact) mass is 438 g/mol. The van der Waals surface area contributed by atoms with E-state index in [9.17, 15) is 18.3 Å². The summed E-state index contributed by atoms with van der Waals surface area (Å²) in [5.41, 5.74) is 0.722. The highest BCUT2D eigenvalue weighted by Gasteiger charge is 2.30. The van der Waals surface area contributed by atoms with E-state index in [4.69, 9.17) is 9.47 Å². The molecule has 2 N–H and O–H groups in total. The van der Waals surface area contributed by atoms with E-state index >= 15 is 0 Å². The van der Waals surface area contributed by atoms with Crippen LogP contribution in [0, 0.1) is 0 Å².